The van der Waals surface area contributed by atoms with Crippen LogP contribution in [0.25, 0.3) is 22.2 Å². The number of rotatable bonds is 5. The summed E-state index contributed by atoms with van der Waals surface area (Å²) in [6.45, 7) is 0.0328. The minimum atomic E-state index is -1.24. The molecule has 1 fully saturated rings. The maximum absolute atomic E-state index is 13.6. The summed E-state index contributed by atoms with van der Waals surface area (Å²) in [5.41, 5.74) is 8.02. The van der Waals surface area contributed by atoms with E-state index in [2.05, 4.69) is 15.3 Å². The number of nitrogens with two attached hydrogens (primary N) is 1. The Morgan fingerprint density at radius 1 is 0.970 bits per heavy atom. The lowest BCUT2D eigenvalue weighted by Gasteiger charge is -2.17. The second-order valence-corrected chi connectivity index (χ2v) is 7.79. The van der Waals surface area contributed by atoms with Crippen LogP contribution in [-0.2, 0) is 4.74 Å². The van der Waals surface area contributed by atoms with Crippen LogP contribution in [0.2, 0.25) is 0 Å². The second kappa shape index (κ2) is 8.49. The summed E-state index contributed by atoms with van der Waals surface area (Å²) < 4.78 is 34.4. The number of fused-ring (bicyclic) bond motifs is 1. The van der Waals surface area contributed by atoms with Crippen molar-refractivity contribution in [3.8, 4) is 11.1 Å². The monoisotopic (exact) mass is 453 g/mol. The SMILES string of the molecule is NC[C@H]1O[C@@H](n2cc(-c3ccc(F)cc3)c3c(Nc4ccc(F)cc4)ncnc32)[C@@H](O)[C@H]1O. The Labute approximate surface area is 187 Å². The first-order valence-electron chi connectivity index (χ1n) is 10.3. The molecule has 0 amide bonds. The van der Waals surface area contributed by atoms with Crippen LogP contribution in [0.3, 0.4) is 0 Å². The lowest BCUT2D eigenvalue weighted by Crippen LogP contribution is -2.35. The van der Waals surface area contributed by atoms with E-state index in [4.69, 9.17) is 10.5 Å². The van der Waals surface area contributed by atoms with E-state index < -0.39 is 24.5 Å². The average molecular weight is 453 g/mol. The lowest BCUT2D eigenvalue weighted by atomic mass is 10.1. The van der Waals surface area contributed by atoms with Crippen molar-refractivity contribution >= 4 is 22.5 Å². The third-order valence-electron chi connectivity index (χ3n) is 5.72. The molecular formula is C23H21F2N5O3. The van der Waals surface area contributed by atoms with Crippen LogP contribution in [0.15, 0.2) is 61.1 Å². The second-order valence-electron chi connectivity index (χ2n) is 7.79. The molecule has 2 aromatic carbocycles. The Kier molecular flexibility index (Phi) is 5.51. The highest BCUT2D eigenvalue weighted by atomic mass is 19.1. The Balaban J connectivity index is 1.68. The summed E-state index contributed by atoms with van der Waals surface area (Å²) >= 11 is 0. The van der Waals surface area contributed by atoms with Gasteiger partial charge in [0, 0.05) is 24.0 Å². The minimum absolute atomic E-state index is 0.0328. The van der Waals surface area contributed by atoms with Crippen molar-refractivity contribution in [3.05, 3.63) is 72.7 Å². The molecule has 3 heterocycles. The molecule has 8 nitrogen and oxygen atoms in total. The quantitative estimate of drug-likeness (QED) is 0.367. The summed E-state index contributed by atoms with van der Waals surface area (Å²) in [5.74, 6) is -0.327. The number of hydrogen-bond acceptors (Lipinski definition) is 7. The molecule has 0 spiro atoms. The molecule has 4 atom stereocenters. The zero-order valence-electron chi connectivity index (χ0n) is 17.3. The number of benzene rings is 2. The van der Waals surface area contributed by atoms with Crippen LogP contribution in [0.5, 0.6) is 0 Å². The van der Waals surface area contributed by atoms with E-state index in [1.807, 2.05) is 0 Å². The number of anilines is 2. The highest BCUT2D eigenvalue weighted by Crippen LogP contribution is 2.39. The molecule has 0 aliphatic carbocycles. The van der Waals surface area contributed by atoms with E-state index in [1.54, 1.807) is 35.0 Å². The van der Waals surface area contributed by atoms with Crippen molar-refractivity contribution in [3.63, 3.8) is 0 Å². The third kappa shape index (κ3) is 3.83. The van der Waals surface area contributed by atoms with Crippen LogP contribution in [0.1, 0.15) is 6.23 Å². The zero-order chi connectivity index (χ0) is 23.1. The maximum Gasteiger partial charge on any atom is 0.164 e. The van der Waals surface area contributed by atoms with Crippen LogP contribution in [0.4, 0.5) is 20.3 Å². The molecule has 1 saturated heterocycles. The van der Waals surface area contributed by atoms with Gasteiger partial charge in [-0.15, -0.1) is 0 Å². The van der Waals surface area contributed by atoms with Crippen molar-refractivity contribution < 1.29 is 23.7 Å². The van der Waals surface area contributed by atoms with Crippen LogP contribution in [-0.4, -0.2) is 49.6 Å². The van der Waals surface area contributed by atoms with E-state index in [0.29, 0.717) is 33.7 Å². The largest absolute Gasteiger partial charge is 0.387 e. The lowest BCUT2D eigenvalue weighted by molar-refractivity contribution is -0.0318. The van der Waals surface area contributed by atoms with Gasteiger partial charge in [-0.05, 0) is 42.0 Å². The molecule has 0 radical (unpaired) electrons. The molecule has 5 rings (SSSR count). The molecule has 170 valence electrons. The van der Waals surface area contributed by atoms with Gasteiger partial charge in [0.05, 0.1) is 5.39 Å². The van der Waals surface area contributed by atoms with Crippen molar-refractivity contribution in [2.45, 2.75) is 24.5 Å². The van der Waals surface area contributed by atoms with Gasteiger partial charge in [0.25, 0.3) is 0 Å². The Morgan fingerprint density at radius 3 is 2.27 bits per heavy atom. The van der Waals surface area contributed by atoms with Crippen LogP contribution in [0, 0.1) is 11.6 Å². The topological polar surface area (TPSA) is 118 Å². The number of nitrogens with one attached hydrogen (secondary N) is 1. The first-order valence-corrected chi connectivity index (χ1v) is 10.3. The molecule has 10 heteroatoms. The number of hydrogen-bond donors (Lipinski definition) is 4. The summed E-state index contributed by atoms with van der Waals surface area (Å²) in [6, 6.07) is 11.7. The van der Waals surface area contributed by atoms with Crippen LogP contribution < -0.4 is 11.1 Å². The number of aromatic nitrogens is 3. The Morgan fingerprint density at radius 2 is 1.64 bits per heavy atom. The van der Waals surface area contributed by atoms with Crippen molar-refractivity contribution in [1.29, 1.82) is 0 Å². The summed E-state index contributed by atoms with van der Waals surface area (Å²) in [6.07, 6.45) is -1.03. The van der Waals surface area contributed by atoms with Gasteiger partial charge in [0.1, 0.15) is 47.7 Å². The number of aliphatic hydroxyl groups is 2. The standard InChI is InChI=1S/C23H21F2N5O3/c24-13-3-1-12(2-4-13)16-10-30(23-20(32)19(31)17(9-26)33-23)22-18(16)21(27-11-28-22)29-15-7-5-14(25)6-8-15/h1-8,10-11,17,19-20,23,31-32H,9,26H2,(H,27,28,29)/t17-,19+,20+,23-/m1/s1. The smallest absolute Gasteiger partial charge is 0.164 e. The van der Waals surface area contributed by atoms with E-state index in [1.165, 1.54) is 30.6 Å². The first kappa shape index (κ1) is 21.4. The predicted molar refractivity (Wildman–Crippen MR) is 118 cm³/mol. The van der Waals surface area contributed by atoms with Gasteiger partial charge < -0.3 is 30.6 Å². The molecule has 0 unspecified atom stereocenters. The fourth-order valence-corrected chi connectivity index (χ4v) is 4.05. The number of halogens is 2. The molecule has 1 aliphatic rings. The Hall–Kier alpha value is -3.44. The molecule has 0 saturated carbocycles. The molecular weight excluding hydrogens is 432 g/mol. The summed E-state index contributed by atoms with van der Waals surface area (Å²) in [7, 11) is 0. The Bertz CT molecular complexity index is 1280. The minimum Gasteiger partial charge on any atom is -0.387 e. The first-order chi connectivity index (χ1) is 16.0. The van der Waals surface area contributed by atoms with Gasteiger partial charge in [-0.3, -0.25) is 0 Å². The van der Waals surface area contributed by atoms with Crippen molar-refractivity contribution in [2.75, 3.05) is 11.9 Å². The van der Waals surface area contributed by atoms with Gasteiger partial charge in [-0.25, -0.2) is 18.7 Å². The van der Waals surface area contributed by atoms with Gasteiger partial charge in [0.2, 0.25) is 0 Å². The van der Waals surface area contributed by atoms with Gasteiger partial charge >= 0.3 is 0 Å². The molecule has 5 N–H and O–H groups in total. The normalized spacial score (nSPS) is 22.7. The van der Waals surface area contributed by atoms with Crippen LogP contribution >= 0.6 is 0 Å². The average Bonchev–Trinajstić information content (AvgIpc) is 3.34. The highest BCUT2D eigenvalue weighted by molar-refractivity contribution is 6.02. The fourth-order valence-electron chi connectivity index (χ4n) is 4.05. The van der Waals surface area contributed by atoms with Crippen molar-refractivity contribution in [1.82, 2.24) is 14.5 Å². The number of nitrogens with zero attached hydrogens (tertiary/aromatic N) is 3. The van der Waals surface area contributed by atoms with Crippen molar-refractivity contribution in [2.24, 2.45) is 5.73 Å². The van der Waals surface area contributed by atoms with E-state index >= 15 is 0 Å². The van der Waals surface area contributed by atoms with Gasteiger partial charge in [0.15, 0.2) is 6.23 Å². The number of aliphatic hydroxyl groups excluding tert-OH is 2. The third-order valence-corrected chi connectivity index (χ3v) is 5.72. The summed E-state index contributed by atoms with van der Waals surface area (Å²) in [4.78, 5) is 8.75. The molecule has 2 aromatic heterocycles. The van der Waals surface area contributed by atoms with E-state index in [0.717, 1.165) is 0 Å². The molecule has 4 aromatic rings. The number of ether oxygens (including phenoxy) is 1. The zero-order valence-corrected chi connectivity index (χ0v) is 17.3. The fraction of sp³-hybridized carbons (Fsp3) is 0.217. The molecule has 0 bridgehead atoms. The predicted octanol–water partition coefficient (Wildman–Crippen LogP) is 2.70. The van der Waals surface area contributed by atoms with Gasteiger partial charge in [-0.2, -0.15) is 0 Å². The highest BCUT2D eigenvalue weighted by Gasteiger charge is 2.43. The molecule has 33 heavy (non-hydrogen) atoms. The van der Waals surface area contributed by atoms with E-state index in [-0.39, 0.29) is 18.2 Å². The summed E-state index contributed by atoms with van der Waals surface area (Å²) in [5, 5.41) is 24.7. The molecule has 1 aliphatic heterocycles. The van der Waals surface area contributed by atoms with E-state index in [9.17, 15) is 19.0 Å². The van der Waals surface area contributed by atoms with Gasteiger partial charge in [-0.1, -0.05) is 12.1 Å². The maximum atomic E-state index is 13.6.